The second kappa shape index (κ2) is 3.45. The van der Waals surface area contributed by atoms with Crippen molar-refractivity contribution in [1.82, 2.24) is 19.5 Å². The molecule has 0 aliphatic heterocycles. The zero-order valence-electron chi connectivity index (χ0n) is 7.77. The van der Waals surface area contributed by atoms with Crippen molar-refractivity contribution >= 4 is 0 Å². The minimum Gasteiger partial charge on any atom is -0.329 e. The molecule has 72 valence electrons. The van der Waals surface area contributed by atoms with Gasteiger partial charge in [-0.1, -0.05) is 0 Å². The van der Waals surface area contributed by atoms with Crippen LogP contribution in [-0.4, -0.2) is 19.5 Å². The number of imidazole rings is 1. The number of aromatic amines is 1. The van der Waals surface area contributed by atoms with E-state index in [0.717, 1.165) is 12.2 Å². The summed E-state index contributed by atoms with van der Waals surface area (Å²) in [7, 11) is 0. The van der Waals surface area contributed by atoms with Crippen LogP contribution in [0.5, 0.6) is 0 Å². The molecule has 0 atom stereocenters. The van der Waals surface area contributed by atoms with E-state index in [2.05, 4.69) is 15.0 Å². The zero-order valence-corrected chi connectivity index (χ0v) is 7.77. The number of H-pyrrole nitrogens is 1. The Bertz CT molecular complexity index is 485. The van der Waals surface area contributed by atoms with Crippen molar-refractivity contribution in [2.24, 2.45) is 0 Å². The number of rotatable bonds is 2. The Morgan fingerprint density at radius 2 is 2.43 bits per heavy atom. The van der Waals surface area contributed by atoms with Crippen LogP contribution in [0.2, 0.25) is 0 Å². The number of hydrogen-bond acceptors (Lipinski definition) is 3. The van der Waals surface area contributed by atoms with Gasteiger partial charge in [0.1, 0.15) is 0 Å². The van der Waals surface area contributed by atoms with E-state index in [1.54, 1.807) is 18.7 Å². The van der Waals surface area contributed by atoms with Crippen molar-refractivity contribution in [3.8, 4) is 11.4 Å². The number of hydrogen-bond donors (Lipinski definition) is 1. The van der Waals surface area contributed by atoms with Crippen LogP contribution >= 0.6 is 0 Å². The van der Waals surface area contributed by atoms with Gasteiger partial charge in [0.15, 0.2) is 5.69 Å². The lowest BCUT2D eigenvalue weighted by Gasteiger charge is -2.02. The highest BCUT2D eigenvalue weighted by Crippen LogP contribution is 2.10. The maximum atomic E-state index is 11.4. The van der Waals surface area contributed by atoms with E-state index in [1.807, 2.05) is 11.5 Å². The summed E-state index contributed by atoms with van der Waals surface area (Å²) in [6.07, 6.45) is 6.40. The van der Waals surface area contributed by atoms with E-state index in [9.17, 15) is 4.79 Å². The van der Waals surface area contributed by atoms with Gasteiger partial charge in [-0.3, -0.25) is 4.79 Å². The fourth-order valence-electron chi connectivity index (χ4n) is 1.30. The molecule has 0 bridgehead atoms. The fourth-order valence-corrected chi connectivity index (χ4v) is 1.30. The molecule has 0 amide bonds. The van der Waals surface area contributed by atoms with Gasteiger partial charge in [-0.15, -0.1) is 0 Å². The predicted octanol–water partition coefficient (Wildman–Crippen LogP) is 0.653. The third kappa shape index (κ3) is 1.32. The molecule has 0 radical (unpaired) electrons. The van der Waals surface area contributed by atoms with Crippen LogP contribution in [0.3, 0.4) is 0 Å². The summed E-state index contributed by atoms with van der Waals surface area (Å²) < 4.78 is 1.87. The van der Waals surface area contributed by atoms with E-state index >= 15 is 0 Å². The van der Waals surface area contributed by atoms with E-state index in [0.29, 0.717) is 5.69 Å². The van der Waals surface area contributed by atoms with Gasteiger partial charge in [0.05, 0.1) is 18.2 Å². The average Bonchev–Trinajstić information content (AvgIpc) is 2.66. The Morgan fingerprint density at radius 1 is 1.57 bits per heavy atom. The van der Waals surface area contributed by atoms with E-state index in [-0.39, 0.29) is 5.56 Å². The first kappa shape index (κ1) is 8.68. The third-order valence-electron chi connectivity index (χ3n) is 2.00. The van der Waals surface area contributed by atoms with Gasteiger partial charge >= 0.3 is 0 Å². The van der Waals surface area contributed by atoms with Crippen LogP contribution in [0.25, 0.3) is 11.4 Å². The van der Waals surface area contributed by atoms with Gasteiger partial charge in [-0.2, -0.15) is 0 Å². The smallest absolute Gasteiger partial charge is 0.276 e. The first-order valence-corrected chi connectivity index (χ1v) is 4.37. The summed E-state index contributed by atoms with van der Waals surface area (Å²) in [6, 6.07) is 0. The SMILES string of the molecule is CCn1cncc1-c1ncc[nH]c1=O. The first-order chi connectivity index (χ1) is 6.83. The predicted molar refractivity (Wildman–Crippen MR) is 51.8 cm³/mol. The molecule has 0 aliphatic rings. The summed E-state index contributed by atoms with van der Waals surface area (Å²) in [4.78, 5) is 22.0. The molecule has 14 heavy (non-hydrogen) atoms. The van der Waals surface area contributed by atoms with Crippen LogP contribution in [-0.2, 0) is 6.54 Å². The van der Waals surface area contributed by atoms with Gasteiger partial charge in [-0.05, 0) is 6.92 Å². The largest absolute Gasteiger partial charge is 0.329 e. The minimum absolute atomic E-state index is 0.192. The second-order valence-electron chi connectivity index (χ2n) is 2.83. The molecular weight excluding hydrogens is 180 g/mol. The monoisotopic (exact) mass is 190 g/mol. The van der Waals surface area contributed by atoms with Gasteiger partial charge in [0.25, 0.3) is 5.56 Å². The fraction of sp³-hybridized carbons (Fsp3) is 0.222. The van der Waals surface area contributed by atoms with Crippen LogP contribution in [0.4, 0.5) is 0 Å². The van der Waals surface area contributed by atoms with Crippen LogP contribution in [0.15, 0.2) is 29.7 Å². The Hall–Kier alpha value is -1.91. The van der Waals surface area contributed by atoms with Crippen LogP contribution < -0.4 is 5.56 Å². The molecule has 0 spiro atoms. The molecular formula is C9H10N4O. The van der Waals surface area contributed by atoms with Gasteiger partial charge in [0.2, 0.25) is 0 Å². The Kier molecular flexibility index (Phi) is 2.14. The molecule has 5 nitrogen and oxygen atoms in total. The first-order valence-electron chi connectivity index (χ1n) is 4.37. The molecule has 0 saturated heterocycles. The number of aryl methyl sites for hydroxylation is 1. The molecule has 0 fully saturated rings. The van der Waals surface area contributed by atoms with Crippen LogP contribution in [0.1, 0.15) is 6.92 Å². The lowest BCUT2D eigenvalue weighted by molar-refractivity contribution is 0.765. The van der Waals surface area contributed by atoms with Crippen molar-refractivity contribution in [1.29, 1.82) is 0 Å². The number of nitrogens with zero attached hydrogens (tertiary/aromatic N) is 3. The van der Waals surface area contributed by atoms with Crippen molar-refractivity contribution < 1.29 is 0 Å². The van der Waals surface area contributed by atoms with E-state index < -0.39 is 0 Å². The normalized spacial score (nSPS) is 10.4. The highest BCUT2D eigenvalue weighted by Gasteiger charge is 2.08. The standard InChI is InChI=1S/C9H10N4O/c1-2-13-6-10-5-7(13)8-9(14)12-4-3-11-8/h3-6H,2H2,1H3,(H,12,14). The average molecular weight is 190 g/mol. The molecule has 0 aromatic carbocycles. The van der Waals surface area contributed by atoms with Gasteiger partial charge in [-0.25, -0.2) is 9.97 Å². The van der Waals surface area contributed by atoms with E-state index in [1.165, 1.54) is 6.20 Å². The highest BCUT2D eigenvalue weighted by atomic mass is 16.1. The molecule has 0 aliphatic carbocycles. The summed E-state index contributed by atoms with van der Waals surface area (Å²) in [5, 5.41) is 0. The molecule has 2 rings (SSSR count). The van der Waals surface area contributed by atoms with Crippen molar-refractivity contribution in [2.75, 3.05) is 0 Å². The molecule has 1 N–H and O–H groups in total. The number of aromatic nitrogens is 4. The number of nitrogens with one attached hydrogen (secondary N) is 1. The van der Waals surface area contributed by atoms with Crippen molar-refractivity contribution in [3.63, 3.8) is 0 Å². The van der Waals surface area contributed by atoms with Gasteiger partial charge in [0, 0.05) is 18.9 Å². The summed E-state index contributed by atoms with van der Waals surface area (Å²) in [5.41, 5.74) is 0.962. The zero-order chi connectivity index (χ0) is 9.97. The minimum atomic E-state index is -0.192. The maximum absolute atomic E-state index is 11.4. The molecule has 2 heterocycles. The molecule has 2 aromatic heterocycles. The Labute approximate surface area is 80.5 Å². The summed E-state index contributed by atoms with van der Waals surface area (Å²) in [5.74, 6) is 0. The topological polar surface area (TPSA) is 63.6 Å². The third-order valence-corrected chi connectivity index (χ3v) is 2.00. The highest BCUT2D eigenvalue weighted by molar-refractivity contribution is 5.51. The van der Waals surface area contributed by atoms with Crippen molar-refractivity contribution in [2.45, 2.75) is 13.5 Å². The van der Waals surface area contributed by atoms with Crippen LogP contribution in [0, 0.1) is 0 Å². The lowest BCUT2D eigenvalue weighted by Crippen LogP contribution is -2.12. The summed E-state index contributed by atoms with van der Waals surface area (Å²) >= 11 is 0. The summed E-state index contributed by atoms with van der Waals surface area (Å²) in [6.45, 7) is 2.76. The maximum Gasteiger partial charge on any atom is 0.276 e. The Balaban J connectivity index is 2.60. The lowest BCUT2D eigenvalue weighted by atomic mass is 10.3. The van der Waals surface area contributed by atoms with E-state index in [4.69, 9.17) is 0 Å². The quantitative estimate of drug-likeness (QED) is 0.756. The molecule has 0 saturated carbocycles. The second-order valence-corrected chi connectivity index (χ2v) is 2.83. The molecule has 5 heteroatoms. The molecule has 0 unspecified atom stereocenters. The van der Waals surface area contributed by atoms with Gasteiger partial charge < -0.3 is 9.55 Å². The Morgan fingerprint density at radius 3 is 3.14 bits per heavy atom. The molecule has 2 aromatic rings. The van der Waals surface area contributed by atoms with Crippen molar-refractivity contribution in [3.05, 3.63) is 35.3 Å².